The molecule has 1 aromatic heterocycles. The molecule has 1 unspecified atom stereocenters. The number of aromatic nitrogens is 2. The number of carbonyl (C=O) groups is 3. The first-order valence-electron chi connectivity index (χ1n) is 6.57. The largest absolute Gasteiger partial charge is 0.299 e. The predicted octanol–water partition coefficient (Wildman–Crippen LogP) is 1.47. The third-order valence-electron chi connectivity index (χ3n) is 3.35. The van der Waals surface area contributed by atoms with Crippen molar-refractivity contribution >= 4 is 34.2 Å². The molecule has 0 saturated carbocycles. The summed E-state index contributed by atoms with van der Waals surface area (Å²) in [6, 6.07) is 5.59. The summed E-state index contributed by atoms with van der Waals surface area (Å²) in [6.07, 6.45) is 0. The Hall–Kier alpha value is -2.61. The molecule has 0 fully saturated rings. The van der Waals surface area contributed by atoms with Crippen molar-refractivity contribution in [1.29, 1.82) is 0 Å². The van der Waals surface area contributed by atoms with E-state index in [4.69, 9.17) is 0 Å². The summed E-state index contributed by atoms with van der Waals surface area (Å²) >= 11 is 1.22. The van der Waals surface area contributed by atoms with Gasteiger partial charge >= 0.3 is 0 Å². The maximum Gasteiger partial charge on any atom is 0.262 e. The van der Waals surface area contributed by atoms with Crippen LogP contribution in [0.3, 0.4) is 0 Å². The van der Waals surface area contributed by atoms with Crippen molar-refractivity contribution < 1.29 is 14.4 Å². The number of nitrogens with one attached hydrogen (secondary N) is 1. The maximum absolute atomic E-state index is 12.3. The highest BCUT2D eigenvalue weighted by Crippen LogP contribution is 2.25. The minimum Gasteiger partial charge on any atom is -0.299 e. The molecule has 3 amide bonds. The molecule has 3 rings (SSSR count). The Bertz CT molecular complexity index is 751. The smallest absolute Gasteiger partial charge is 0.262 e. The highest BCUT2D eigenvalue weighted by molar-refractivity contribution is 7.15. The highest BCUT2D eigenvalue weighted by Gasteiger charge is 2.40. The molecule has 2 heterocycles. The summed E-state index contributed by atoms with van der Waals surface area (Å²) in [7, 11) is 0. The van der Waals surface area contributed by atoms with Gasteiger partial charge in [-0.05, 0) is 26.0 Å². The topological polar surface area (TPSA) is 92.3 Å². The molecule has 0 radical (unpaired) electrons. The Labute approximate surface area is 130 Å². The molecule has 2 aromatic rings. The van der Waals surface area contributed by atoms with Gasteiger partial charge in [0.05, 0.1) is 11.1 Å². The molecular weight excluding hydrogens is 304 g/mol. The lowest BCUT2D eigenvalue weighted by atomic mass is 10.1. The first kappa shape index (κ1) is 14.3. The average molecular weight is 316 g/mol. The highest BCUT2D eigenvalue weighted by atomic mass is 32.1. The number of fused-ring (bicyclic) bond motifs is 1. The van der Waals surface area contributed by atoms with E-state index in [0.717, 1.165) is 4.90 Å². The second-order valence-electron chi connectivity index (χ2n) is 4.82. The zero-order valence-corrected chi connectivity index (χ0v) is 12.7. The second kappa shape index (κ2) is 5.30. The fourth-order valence-corrected chi connectivity index (χ4v) is 2.83. The molecule has 22 heavy (non-hydrogen) atoms. The summed E-state index contributed by atoms with van der Waals surface area (Å²) in [6.45, 7) is 3.27. The number of amides is 3. The van der Waals surface area contributed by atoms with Crippen LogP contribution in [0.4, 0.5) is 5.13 Å². The van der Waals surface area contributed by atoms with Crippen molar-refractivity contribution in [3.8, 4) is 0 Å². The van der Waals surface area contributed by atoms with Crippen molar-refractivity contribution in [2.75, 3.05) is 5.32 Å². The summed E-state index contributed by atoms with van der Waals surface area (Å²) in [5.74, 6) is -1.40. The monoisotopic (exact) mass is 316 g/mol. The normalized spacial score (nSPS) is 14.9. The molecule has 1 N–H and O–H groups in total. The number of carbonyl (C=O) groups excluding carboxylic acids is 3. The Morgan fingerprint density at radius 3 is 2.27 bits per heavy atom. The zero-order chi connectivity index (χ0) is 15.9. The lowest BCUT2D eigenvalue weighted by Gasteiger charge is -2.20. The molecule has 1 aromatic carbocycles. The Morgan fingerprint density at radius 2 is 1.77 bits per heavy atom. The molecule has 1 aliphatic heterocycles. The quantitative estimate of drug-likeness (QED) is 0.866. The summed E-state index contributed by atoms with van der Waals surface area (Å²) in [5.41, 5.74) is 0.637. The molecule has 0 bridgehead atoms. The van der Waals surface area contributed by atoms with E-state index < -0.39 is 23.8 Å². The minimum atomic E-state index is -0.934. The van der Waals surface area contributed by atoms with E-state index in [9.17, 15) is 14.4 Å². The number of hydrogen-bond donors (Lipinski definition) is 1. The minimum absolute atomic E-state index is 0.318. The number of nitrogens with zero attached hydrogens (tertiary/aromatic N) is 3. The van der Waals surface area contributed by atoms with Crippen LogP contribution in [0.25, 0.3) is 0 Å². The molecule has 1 atom stereocenters. The first-order valence-corrected chi connectivity index (χ1v) is 7.38. The van der Waals surface area contributed by atoms with E-state index in [1.54, 1.807) is 31.2 Å². The maximum atomic E-state index is 12.3. The molecule has 7 nitrogen and oxygen atoms in total. The third kappa shape index (κ3) is 2.27. The molecular formula is C14H12N4O3S. The summed E-state index contributed by atoms with van der Waals surface area (Å²) < 4.78 is 0. The SMILES string of the molecule is Cc1nnc(NC(=O)C(C)N2C(=O)c3ccccc3C2=O)s1. The Kier molecular flexibility index (Phi) is 3.45. The van der Waals surface area contributed by atoms with Gasteiger partial charge in [0, 0.05) is 0 Å². The predicted molar refractivity (Wildman–Crippen MR) is 79.7 cm³/mol. The summed E-state index contributed by atoms with van der Waals surface area (Å²) in [4.78, 5) is 37.8. The van der Waals surface area contributed by atoms with Crippen LogP contribution in [-0.4, -0.2) is 38.9 Å². The number of hydrogen-bond acceptors (Lipinski definition) is 6. The van der Waals surface area contributed by atoms with Gasteiger partial charge in [-0.2, -0.15) is 0 Å². The lowest BCUT2D eigenvalue weighted by molar-refractivity contribution is -0.119. The number of aryl methyl sites for hydroxylation is 1. The van der Waals surface area contributed by atoms with Crippen molar-refractivity contribution in [3.05, 3.63) is 40.4 Å². The van der Waals surface area contributed by atoms with E-state index in [0.29, 0.717) is 21.3 Å². The van der Waals surface area contributed by atoms with Crippen LogP contribution in [0.2, 0.25) is 0 Å². The van der Waals surface area contributed by atoms with Gasteiger partial charge in [-0.15, -0.1) is 10.2 Å². The number of rotatable bonds is 3. The van der Waals surface area contributed by atoms with Gasteiger partial charge in [-0.1, -0.05) is 23.5 Å². The zero-order valence-electron chi connectivity index (χ0n) is 11.9. The van der Waals surface area contributed by atoms with Crippen molar-refractivity contribution in [2.45, 2.75) is 19.9 Å². The standard InChI is InChI=1S/C14H12N4O3S/c1-7(11(19)15-14-17-16-8(2)22-14)18-12(20)9-5-3-4-6-10(9)13(18)21/h3-7H,1-2H3,(H,15,17,19). The van der Waals surface area contributed by atoms with E-state index in [-0.39, 0.29) is 0 Å². The van der Waals surface area contributed by atoms with Crippen LogP contribution in [-0.2, 0) is 4.79 Å². The van der Waals surface area contributed by atoms with E-state index >= 15 is 0 Å². The van der Waals surface area contributed by atoms with Crippen LogP contribution in [0.1, 0.15) is 32.6 Å². The van der Waals surface area contributed by atoms with E-state index in [1.165, 1.54) is 18.3 Å². The molecule has 0 saturated heterocycles. The van der Waals surface area contributed by atoms with E-state index in [2.05, 4.69) is 15.5 Å². The van der Waals surface area contributed by atoms with Crippen LogP contribution in [0.15, 0.2) is 24.3 Å². The molecule has 0 aliphatic carbocycles. The Balaban J connectivity index is 1.81. The molecule has 0 spiro atoms. The fraction of sp³-hybridized carbons (Fsp3) is 0.214. The molecule has 8 heteroatoms. The van der Waals surface area contributed by atoms with Crippen LogP contribution in [0.5, 0.6) is 0 Å². The number of anilines is 1. The first-order chi connectivity index (χ1) is 10.5. The van der Waals surface area contributed by atoms with E-state index in [1.807, 2.05) is 0 Å². The van der Waals surface area contributed by atoms with Gasteiger partial charge in [-0.3, -0.25) is 24.6 Å². The lowest BCUT2D eigenvalue weighted by Crippen LogP contribution is -2.45. The average Bonchev–Trinajstić information content (AvgIpc) is 3.01. The number of benzene rings is 1. The van der Waals surface area contributed by atoms with Gasteiger partial charge in [0.15, 0.2) is 0 Å². The fourth-order valence-electron chi connectivity index (χ4n) is 2.23. The Morgan fingerprint density at radius 1 is 1.18 bits per heavy atom. The van der Waals surface area contributed by atoms with Gasteiger partial charge in [0.2, 0.25) is 11.0 Å². The second-order valence-corrected chi connectivity index (χ2v) is 6.00. The van der Waals surface area contributed by atoms with Crippen LogP contribution in [0, 0.1) is 6.92 Å². The molecule has 1 aliphatic rings. The van der Waals surface area contributed by atoms with Crippen molar-refractivity contribution in [2.24, 2.45) is 0 Å². The van der Waals surface area contributed by atoms with Crippen molar-refractivity contribution in [1.82, 2.24) is 15.1 Å². The third-order valence-corrected chi connectivity index (χ3v) is 4.10. The van der Waals surface area contributed by atoms with Gasteiger partial charge in [0.25, 0.3) is 11.8 Å². The van der Waals surface area contributed by atoms with Crippen molar-refractivity contribution in [3.63, 3.8) is 0 Å². The van der Waals surface area contributed by atoms with Gasteiger partial charge in [0.1, 0.15) is 11.0 Å². The van der Waals surface area contributed by atoms with Gasteiger partial charge < -0.3 is 0 Å². The van der Waals surface area contributed by atoms with Gasteiger partial charge in [-0.25, -0.2) is 0 Å². The summed E-state index contributed by atoms with van der Waals surface area (Å²) in [5, 5.41) is 11.2. The van der Waals surface area contributed by atoms with Crippen LogP contribution >= 0.6 is 11.3 Å². The van der Waals surface area contributed by atoms with Crippen LogP contribution < -0.4 is 5.32 Å². The molecule has 112 valence electrons. The number of imide groups is 1.